The van der Waals surface area contributed by atoms with Gasteiger partial charge in [-0.05, 0) is 103 Å². The van der Waals surface area contributed by atoms with E-state index in [4.69, 9.17) is 0 Å². The molecule has 0 saturated heterocycles. The molecule has 1 aromatic heterocycles. The number of aromatic nitrogens is 1. The van der Waals surface area contributed by atoms with Gasteiger partial charge in [0.05, 0.1) is 5.52 Å². The molecule has 1 aliphatic carbocycles. The van der Waals surface area contributed by atoms with E-state index in [1.54, 1.807) is 0 Å². The van der Waals surface area contributed by atoms with Gasteiger partial charge in [-0.25, -0.2) is 0 Å². The molecule has 2 nitrogen and oxygen atoms in total. The highest BCUT2D eigenvalue weighted by Gasteiger charge is 2.43. The van der Waals surface area contributed by atoms with Gasteiger partial charge in [0.1, 0.15) is 0 Å². The maximum atomic E-state index is 3.77. The van der Waals surface area contributed by atoms with Gasteiger partial charge in [-0.15, -0.1) is 0 Å². The van der Waals surface area contributed by atoms with Crippen LogP contribution < -0.4 is 4.90 Å². The van der Waals surface area contributed by atoms with Gasteiger partial charge in [0, 0.05) is 44.3 Å². The number of anilines is 3. The minimum absolute atomic E-state index is 0.0384. The summed E-state index contributed by atoms with van der Waals surface area (Å²) >= 11 is 0. The second-order valence-corrected chi connectivity index (χ2v) is 14.2. The van der Waals surface area contributed by atoms with Crippen LogP contribution in [0.4, 0.5) is 17.1 Å². The number of aromatic amines is 1. The molecular formula is C47H46N2. The minimum atomic E-state index is -0.0384. The van der Waals surface area contributed by atoms with Crippen LogP contribution >= 0.6 is 0 Å². The molecule has 0 saturated carbocycles. The Morgan fingerprint density at radius 1 is 0.531 bits per heavy atom. The molecule has 49 heavy (non-hydrogen) atoms. The van der Waals surface area contributed by atoms with Crippen LogP contribution in [-0.4, -0.2) is 4.98 Å². The van der Waals surface area contributed by atoms with E-state index >= 15 is 0 Å². The van der Waals surface area contributed by atoms with E-state index in [9.17, 15) is 0 Å². The maximum absolute atomic E-state index is 3.77. The summed E-state index contributed by atoms with van der Waals surface area (Å²) in [6.45, 7) is 9.00. The molecule has 0 radical (unpaired) electrons. The Morgan fingerprint density at radius 2 is 1.10 bits per heavy atom. The van der Waals surface area contributed by atoms with Gasteiger partial charge in [0.2, 0.25) is 0 Å². The average Bonchev–Trinajstić information content (AvgIpc) is 3.64. The molecule has 0 amide bonds. The summed E-state index contributed by atoms with van der Waals surface area (Å²) in [5.74, 6) is 0. The third-order valence-electron chi connectivity index (χ3n) is 11.0. The Morgan fingerprint density at radius 3 is 1.76 bits per heavy atom. The van der Waals surface area contributed by atoms with E-state index in [-0.39, 0.29) is 5.41 Å². The highest BCUT2D eigenvalue weighted by atomic mass is 15.1. The van der Waals surface area contributed by atoms with E-state index < -0.39 is 0 Å². The number of unbranched alkanes of at least 4 members (excludes halogenated alkanes) is 2. The molecule has 244 valence electrons. The van der Waals surface area contributed by atoms with Crippen LogP contribution in [-0.2, 0) is 5.41 Å². The van der Waals surface area contributed by atoms with Gasteiger partial charge in [0.25, 0.3) is 0 Å². The van der Waals surface area contributed by atoms with Crippen molar-refractivity contribution in [3.05, 3.63) is 150 Å². The van der Waals surface area contributed by atoms with Crippen molar-refractivity contribution in [2.75, 3.05) is 4.90 Å². The molecule has 2 heteroatoms. The molecule has 1 heterocycles. The molecule has 1 N–H and O–H groups in total. The maximum Gasteiger partial charge on any atom is 0.0544 e. The number of fused-ring (bicyclic) bond motifs is 6. The third kappa shape index (κ3) is 5.35. The predicted octanol–water partition coefficient (Wildman–Crippen LogP) is 13.7. The van der Waals surface area contributed by atoms with Crippen LogP contribution in [0.3, 0.4) is 0 Å². The van der Waals surface area contributed by atoms with Gasteiger partial charge >= 0.3 is 0 Å². The molecule has 1 aliphatic rings. The lowest BCUT2D eigenvalue weighted by molar-refractivity contribution is 0.414. The van der Waals surface area contributed by atoms with Crippen molar-refractivity contribution in [1.82, 2.24) is 4.98 Å². The van der Waals surface area contributed by atoms with E-state index in [2.05, 4.69) is 165 Å². The molecule has 6 aromatic carbocycles. The Balaban J connectivity index is 1.32. The summed E-state index contributed by atoms with van der Waals surface area (Å²) < 4.78 is 0. The van der Waals surface area contributed by atoms with E-state index in [0.717, 1.165) is 12.8 Å². The minimum Gasteiger partial charge on any atom is -0.354 e. The van der Waals surface area contributed by atoms with Gasteiger partial charge in [-0.1, -0.05) is 130 Å². The molecule has 7 aromatic rings. The Labute approximate surface area is 291 Å². The van der Waals surface area contributed by atoms with Crippen LogP contribution in [0, 0.1) is 13.8 Å². The number of benzene rings is 6. The number of aryl methyl sites for hydroxylation is 2. The molecule has 0 atom stereocenters. The Kier molecular flexibility index (Phi) is 8.12. The first-order chi connectivity index (χ1) is 24.0. The van der Waals surface area contributed by atoms with Crippen LogP contribution in [0.25, 0.3) is 44.1 Å². The fourth-order valence-corrected chi connectivity index (χ4v) is 8.36. The largest absolute Gasteiger partial charge is 0.354 e. The number of para-hydroxylation sites is 2. The molecular weight excluding hydrogens is 593 g/mol. The first-order valence-electron chi connectivity index (χ1n) is 18.2. The fraction of sp³-hybridized carbons (Fsp3) is 0.234. The number of nitrogens with zero attached hydrogens (tertiary/aromatic N) is 1. The monoisotopic (exact) mass is 638 g/mol. The fourth-order valence-electron chi connectivity index (χ4n) is 8.36. The summed E-state index contributed by atoms with van der Waals surface area (Å²) in [4.78, 5) is 6.21. The molecule has 0 aliphatic heterocycles. The van der Waals surface area contributed by atoms with Crippen molar-refractivity contribution >= 4 is 38.9 Å². The Bertz CT molecular complexity index is 2220. The second kappa shape index (κ2) is 12.7. The first kappa shape index (κ1) is 31.2. The van der Waals surface area contributed by atoms with Crippen molar-refractivity contribution in [2.45, 2.75) is 71.6 Å². The van der Waals surface area contributed by atoms with Crippen molar-refractivity contribution in [1.29, 1.82) is 0 Å². The lowest BCUT2D eigenvalue weighted by Crippen LogP contribution is -2.26. The average molecular weight is 639 g/mol. The smallest absolute Gasteiger partial charge is 0.0544 e. The molecule has 8 rings (SSSR count). The van der Waals surface area contributed by atoms with Gasteiger partial charge in [-0.2, -0.15) is 0 Å². The standard InChI is InChI=1S/C47H46N2/c1-5-7-28-47(29-8-6-2)43-30-34(38-13-11-14-42-41-12-9-10-15-45(41)48-46(38)42)20-26-39(43)40-27-25-37(31-44(40)47)49(35-21-16-32(3)17-22-35)36-23-18-33(4)19-24-36/h9-27,30-31,48H,5-8,28-29H2,1-4H3. The zero-order valence-corrected chi connectivity index (χ0v) is 29.3. The highest BCUT2D eigenvalue weighted by molar-refractivity contribution is 6.12. The van der Waals surface area contributed by atoms with E-state index in [1.807, 2.05) is 0 Å². The normalized spacial score (nSPS) is 13.1. The zero-order valence-electron chi connectivity index (χ0n) is 29.3. The van der Waals surface area contributed by atoms with Gasteiger partial charge in [0.15, 0.2) is 0 Å². The summed E-state index contributed by atoms with van der Waals surface area (Å²) in [5, 5.41) is 2.57. The first-order valence-corrected chi connectivity index (χ1v) is 18.2. The summed E-state index contributed by atoms with van der Waals surface area (Å²) in [6, 6.07) is 48.0. The number of H-pyrrole nitrogens is 1. The molecule has 0 unspecified atom stereocenters. The summed E-state index contributed by atoms with van der Waals surface area (Å²) in [5.41, 5.74) is 16.9. The Hall–Kier alpha value is -5.08. The van der Waals surface area contributed by atoms with Crippen molar-refractivity contribution < 1.29 is 0 Å². The van der Waals surface area contributed by atoms with Crippen LogP contribution in [0.1, 0.15) is 74.6 Å². The van der Waals surface area contributed by atoms with Gasteiger partial charge in [-0.3, -0.25) is 0 Å². The zero-order chi connectivity index (χ0) is 33.5. The SMILES string of the molecule is CCCCC1(CCCC)c2cc(-c3cccc4c3[nH]c3ccccc34)ccc2-c2ccc(N(c3ccc(C)cc3)c3ccc(C)cc3)cc21. The van der Waals surface area contributed by atoms with Crippen molar-refractivity contribution in [3.8, 4) is 22.3 Å². The number of rotatable bonds is 10. The quantitative estimate of drug-likeness (QED) is 0.158. The van der Waals surface area contributed by atoms with Crippen LogP contribution in [0.5, 0.6) is 0 Å². The highest BCUT2D eigenvalue weighted by Crippen LogP contribution is 2.56. The second-order valence-electron chi connectivity index (χ2n) is 14.2. The molecule has 0 bridgehead atoms. The lowest BCUT2D eigenvalue weighted by Gasteiger charge is -2.34. The van der Waals surface area contributed by atoms with E-state index in [0.29, 0.717) is 0 Å². The molecule has 0 fully saturated rings. The van der Waals surface area contributed by atoms with Crippen molar-refractivity contribution in [3.63, 3.8) is 0 Å². The van der Waals surface area contributed by atoms with E-state index in [1.165, 1.54) is 109 Å². The number of hydrogen-bond donors (Lipinski definition) is 1. The van der Waals surface area contributed by atoms with Gasteiger partial charge < -0.3 is 9.88 Å². The number of hydrogen-bond acceptors (Lipinski definition) is 1. The third-order valence-corrected chi connectivity index (χ3v) is 11.0. The van der Waals surface area contributed by atoms with Crippen LogP contribution in [0.2, 0.25) is 0 Å². The predicted molar refractivity (Wildman–Crippen MR) is 211 cm³/mol. The number of nitrogens with one attached hydrogen (secondary N) is 1. The summed E-state index contributed by atoms with van der Waals surface area (Å²) in [6.07, 6.45) is 7.09. The topological polar surface area (TPSA) is 19.0 Å². The summed E-state index contributed by atoms with van der Waals surface area (Å²) in [7, 11) is 0. The molecule has 0 spiro atoms. The lowest BCUT2D eigenvalue weighted by atomic mass is 9.70. The van der Waals surface area contributed by atoms with Crippen LogP contribution in [0.15, 0.2) is 127 Å². The van der Waals surface area contributed by atoms with Crippen molar-refractivity contribution in [2.24, 2.45) is 0 Å².